The van der Waals surface area contributed by atoms with Crippen LogP contribution in [-0.2, 0) is 14.9 Å². The van der Waals surface area contributed by atoms with E-state index >= 15 is 0 Å². The van der Waals surface area contributed by atoms with Crippen molar-refractivity contribution in [3.8, 4) is 11.5 Å². The van der Waals surface area contributed by atoms with Crippen LogP contribution >= 0.6 is 24.0 Å². The second-order valence-electron chi connectivity index (χ2n) is 6.19. The number of rotatable bonds is 6. The summed E-state index contributed by atoms with van der Waals surface area (Å²) >= 11 is 6.44. The van der Waals surface area contributed by atoms with Crippen LogP contribution in [0.3, 0.4) is 0 Å². The van der Waals surface area contributed by atoms with Crippen molar-refractivity contribution < 1.29 is 22.1 Å². The molecule has 0 saturated carbocycles. The zero-order valence-corrected chi connectivity index (χ0v) is 18.5. The van der Waals surface area contributed by atoms with E-state index in [1.807, 2.05) is 13.8 Å². The number of methoxy groups -OCH3 is 1. The van der Waals surface area contributed by atoms with E-state index in [9.17, 15) is 13.2 Å². The van der Waals surface area contributed by atoms with Gasteiger partial charge in [-0.2, -0.15) is 8.42 Å². The zero-order chi connectivity index (χ0) is 21.2. The third-order valence-electron chi connectivity index (χ3n) is 4.18. The van der Waals surface area contributed by atoms with E-state index in [1.165, 1.54) is 42.0 Å². The van der Waals surface area contributed by atoms with Gasteiger partial charge in [0.15, 0.2) is 11.5 Å². The second-order valence-corrected chi connectivity index (χ2v) is 9.41. The van der Waals surface area contributed by atoms with Crippen LogP contribution in [0.4, 0.5) is 0 Å². The van der Waals surface area contributed by atoms with Gasteiger partial charge in [0.05, 0.1) is 12.0 Å². The van der Waals surface area contributed by atoms with E-state index in [1.54, 1.807) is 30.3 Å². The van der Waals surface area contributed by atoms with Crippen LogP contribution in [0.2, 0.25) is 0 Å². The van der Waals surface area contributed by atoms with Crippen LogP contribution in [0.5, 0.6) is 11.5 Å². The van der Waals surface area contributed by atoms with Crippen molar-refractivity contribution in [3.63, 3.8) is 0 Å². The fourth-order valence-corrected chi connectivity index (χ4v) is 4.96. The number of hydrogen-bond donors (Lipinski definition) is 0. The molecular weight excluding hydrogens is 430 g/mol. The van der Waals surface area contributed by atoms with Crippen LogP contribution in [-0.4, -0.2) is 37.2 Å². The maximum absolute atomic E-state index is 12.5. The minimum absolute atomic E-state index is 0.0532. The molecule has 1 aliphatic heterocycles. The maximum Gasteiger partial charge on any atom is 0.339 e. The number of amides is 1. The van der Waals surface area contributed by atoms with Crippen molar-refractivity contribution in [1.82, 2.24) is 4.90 Å². The number of nitrogens with zero attached hydrogens (tertiary/aromatic N) is 1. The number of carbonyl (C=O) groups excluding carboxylic acids is 1. The Morgan fingerprint density at radius 2 is 1.83 bits per heavy atom. The van der Waals surface area contributed by atoms with E-state index in [-0.39, 0.29) is 22.3 Å². The lowest BCUT2D eigenvalue weighted by Gasteiger charge is -2.12. The molecule has 0 radical (unpaired) electrons. The molecule has 2 aromatic carbocycles. The summed E-state index contributed by atoms with van der Waals surface area (Å²) in [7, 11) is -2.58. The van der Waals surface area contributed by atoms with Crippen LogP contribution in [0.25, 0.3) is 6.08 Å². The fraction of sp³-hybridized carbons (Fsp3) is 0.200. The monoisotopic (exact) mass is 449 g/mol. The fourth-order valence-electron chi connectivity index (χ4n) is 2.64. The molecule has 152 valence electrons. The van der Waals surface area contributed by atoms with Crippen LogP contribution in [0.15, 0.2) is 52.3 Å². The Morgan fingerprint density at radius 1 is 1.14 bits per heavy atom. The number of carbonyl (C=O) groups is 1. The van der Waals surface area contributed by atoms with Crippen LogP contribution < -0.4 is 8.92 Å². The van der Waals surface area contributed by atoms with Gasteiger partial charge in [0.2, 0.25) is 0 Å². The molecule has 1 saturated heterocycles. The quantitative estimate of drug-likeness (QED) is 0.375. The third-order valence-corrected chi connectivity index (χ3v) is 6.81. The van der Waals surface area contributed by atoms with E-state index in [0.29, 0.717) is 21.3 Å². The lowest BCUT2D eigenvalue weighted by atomic mass is 10.2. The Balaban J connectivity index is 1.88. The molecule has 1 fully saturated rings. The minimum Gasteiger partial charge on any atom is -0.493 e. The predicted octanol–water partition coefficient (Wildman–Crippen LogP) is 3.99. The van der Waals surface area contributed by atoms with Gasteiger partial charge in [-0.05, 0) is 49.8 Å². The Bertz CT molecular complexity index is 1090. The summed E-state index contributed by atoms with van der Waals surface area (Å²) in [6.45, 7) is 4.24. The highest BCUT2D eigenvalue weighted by Crippen LogP contribution is 2.35. The number of thiocarbonyl (C=S) groups is 1. The molecule has 29 heavy (non-hydrogen) atoms. The van der Waals surface area contributed by atoms with E-state index in [2.05, 4.69) is 0 Å². The van der Waals surface area contributed by atoms with Crippen molar-refractivity contribution in [2.24, 2.45) is 0 Å². The lowest BCUT2D eigenvalue weighted by molar-refractivity contribution is -0.121. The molecule has 1 aliphatic rings. The summed E-state index contributed by atoms with van der Waals surface area (Å²) in [5, 5.41) is 0. The number of thioether (sulfide) groups is 1. The van der Waals surface area contributed by atoms with Crippen molar-refractivity contribution in [2.75, 3.05) is 13.7 Å². The van der Waals surface area contributed by atoms with Gasteiger partial charge in [-0.25, -0.2) is 0 Å². The maximum atomic E-state index is 12.5. The Labute approximate surface area is 179 Å². The molecule has 1 amide bonds. The minimum atomic E-state index is -4.00. The molecule has 0 atom stereocenters. The van der Waals surface area contributed by atoms with E-state index in [4.69, 9.17) is 21.1 Å². The molecule has 0 aromatic heterocycles. The molecule has 3 rings (SSSR count). The van der Waals surface area contributed by atoms with Gasteiger partial charge in [0, 0.05) is 6.54 Å². The van der Waals surface area contributed by atoms with Gasteiger partial charge < -0.3 is 8.92 Å². The zero-order valence-electron chi connectivity index (χ0n) is 16.0. The normalized spacial score (nSPS) is 15.8. The average Bonchev–Trinajstić information content (AvgIpc) is 2.95. The standard InChI is InChI=1S/C20H19NO5S3/c1-4-21-19(22)18(28-20(21)27)12-14-7-10-16(17(11-14)25-3)26-29(23,24)15-8-5-13(2)6-9-15/h5-12H,4H2,1-3H3/b18-12+. The van der Waals surface area contributed by atoms with Crippen molar-refractivity contribution >= 4 is 50.4 Å². The van der Waals surface area contributed by atoms with Gasteiger partial charge in [-0.3, -0.25) is 9.69 Å². The summed E-state index contributed by atoms with van der Waals surface area (Å²) < 4.78 is 36.2. The first-order chi connectivity index (χ1) is 13.7. The lowest BCUT2D eigenvalue weighted by Crippen LogP contribution is -2.27. The first-order valence-corrected chi connectivity index (χ1v) is 11.3. The predicted molar refractivity (Wildman–Crippen MR) is 118 cm³/mol. The molecular formula is C20H19NO5S3. The van der Waals surface area contributed by atoms with E-state index in [0.717, 1.165) is 5.56 Å². The third kappa shape index (κ3) is 4.63. The number of likely N-dealkylation sites (N-methyl/N-ethyl adjacent to an activating group) is 1. The summed E-state index contributed by atoms with van der Waals surface area (Å²) in [5.74, 6) is 0.149. The number of hydrogen-bond acceptors (Lipinski definition) is 7. The van der Waals surface area contributed by atoms with Crippen molar-refractivity contribution in [2.45, 2.75) is 18.7 Å². The van der Waals surface area contributed by atoms with Crippen LogP contribution in [0, 0.1) is 6.92 Å². The molecule has 0 spiro atoms. The highest BCUT2D eigenvalue weighted by molar-refractivity contribution is 8.26. The average molecular weight is 450 g/mol. The van der Waals surface area contributed by atoms with Crippen molar-refractivity contribution in [3.05, 3.63) is 58.5 Å². The van der Waals surface area contributed by atoms with Gasteiger partial charge >= 0.3 is 10.1 Å². The summed E-state index contributed by atoms with van der Waals surface area (Å²) in [5.41, 5.74) is 1.61. The molecule has 2 aromatic rings. The number of aryl methyl sites for hydroxylation is 1. The highest BCUT2D eigenvalue weighted by atomic mass is 32.2. The molecule has 6 nitrogen and oxygen atoms in total. The van der Waals surface area contributed by atoms with Gasteiger partial charge in [-0.15, -0.1) is 0 Å². The smallest absolute Gasteiger partial charge is 0.339 e. The van der Waals surface area contributed by atoms with Gasteiger partial charge in [0.25, 0.3) is 5.91 Å². The largest absolute Gasteiger partial charge is 0.493 e. The molecule has 9 heteroatoms. The first-order valence-electron chi connectivity index (χ1n) is 8.69. The molecule has 0 N–H and O–H groups in total. The van der Waals surface area contributed by atoms with Crippen molar-refractivity contribution in [1.29, 1.82) is 0 Å². The second kappa shape index (κ2) is 8.56. The SMILES string of the molecule is CCN1C(=O)/C(=C\c2ccc(OS(=O)(=O)c3ccc(C)cc3)c(OC)c2)SC1=S. The summed E-state index contributed by atoms with van der Waals surface area (Å²) in [4.78, 5) is 14.4. The Hall–Kier alpha value is -2.36. The first kappa shape index (κ1) is 21.4. The number of benzene rings is 2. The topological polar surface area (TPSA) is 72.9 Å². The van der Waals surface area contributed by atoms with Crippen LogP contribution in [0.1, 0.15) is 18.1 Å². The van der Waals surface area contributed by atoms with Gasteiger partial charge in [0.1, 0.15) is 9.22 Å². The molecule has 1 heterocycles. The molecule has 0 aliphatic carbocycles. The summed E-state index contributed by atoms with van der Waals surface area (Å²) in [6, 6.07) is 11.1. The van der Waals surface area contributed by atoms with Gasteiger partial charge in [-0.1, -0.05) is 47.7 Å². The molecule has 0 unspecified atom stereocenters. The van der Waals surface area contributed by atoms with E-state index < -0.39 is 10.1 Å². The Kier molecular flexibility index (Phi) is 6.30. The summed E-state index contributed by atoms with van der Waals surface area (Å²) in [6.07, 6.45) is 1.69. The number of ether oxygens (including phenoxy) is 1. The molecule has 0 bridgehead atoms. The highest BCUT2D eigenvalue weighted by Gasteiger charge is 2.30. The Morgan fingerprint density at radius 3 is 2.41 bits per heavy atom.